The van der Waals surface area contributed by atoms with E-state index in [1.165, 1.54) is 48.4 Å². The predicted molar refractivity (Wildman–Crippen MR) is 129 cm³/mol. The van der Waals surface area contributed by atoms with E-state index in [2.05, 4.69) is 0 Å². The maximum Gasteiger partial charge on any atom is 0.341 e. The zero-order chi connectivity index (χ0) is 25.8. The Kier molecular flexibility index (Phi) is 6.82. The molecule has 1 amide bonds. The molecule has 1 heterocycles. The van der Waals surface area contributed by atoms with Gasteiger partial charge in [-0.2, -0.15) is 0 Å². The molecule has 1 atom stereocenters. The van der Waals surface area contributed by atoms with E-state index in [-0.39, 0.29) is 22.6 Å². The number of nitrogens with zero attached hydrogens (tertiary/aromatic N) is 1. The smallest absolute Gasteiger partial charge is 0.341 e. The molecule has 0 radical (unpaired) electrons. The van der Waals surface area contributed by atoms with Gasteiger partial charge in [0.25, 0.3) is 11.7 Å². The van der Waals surface area contributed by atoms with E-state index in [4.69, 9.17) is 14.6 Å². The number of esters is 1. The molecule has 2 N–H and O–H groups in total. The van der Waals surface area contributed by atoms with Gasteiger partial charge in [0.2, 0.25) is 0 Å². The van der Waals surface area contributed by atoms with Gasteiger partial charge in [0, 0.05) is 11.3 Å². The molecule has 1 unspecified atom stereocenters. The van der Waals surface area contributed by atoms with Gasteiger partial charge in [-0.15, -0.1) is 0 Å². The van der Waals surface area contributed by atoms with Crippen LogP contribution in [-0.2, 0) is 19.1 Å². The van der Waals surface area contributed by atoms with Crippen LogP contribution in [-0.4, -0.2) is 47.6 Å². The van der Waals surface area contributed by atoms with Crippen LogP contribution in [0.5, 0.6) is 5.75 Å². The van der Waals surface area contributed by atoms with Crippen LogP contribution in [0.4, 0.5) is 5.69 Å². The maximum absolute atomic E-state index is 13.2. The van der Waals surface area contributed by atoms with Crippen molar-refractivity contribution in [3.05, 3.63) is 101 Å². The van der Waals surface area contributed by atoms with Crippen LogP contribution < -0.4 is 9.64 Å². The topological polar surface area (TPSA) is 130 Å². The molecule has 4 rings (SSSR count). The second-order valence-corrected chi connectivity index (χ2v) is 7.83. The lowest BCUT2D eigenvalue weighted by Crippen LogP contribution is -2.29. The quantitative estimate of drug-likeness (QED) is 0.224. The third-order valence-electron chi connectivity index (χ3n) is 5.62. The summed E-state index contributed by atoms with van der Waals surface area (Å²) in [4.78, 5) is 50.3. The van der Waals surface area contributed by atoms with Gasteiger partial charge < -0.3 is 19.7 Å². The molecule has 1 aliphatic heterocycles. The summed E-state index contributed by atoms with van der Waals surface area (Å²) in [7, 11) is 1.26. The highest BCUT2D eigenvalue weighted by molar-refractivity contribution is 6.51. The summed E-state index contributed by atoms with van der Waals surface area (Å²) in [6.07, 6.45) is 0. The number of aliphatic hydroxyl groups is 1. The molecule has 0 aliphatic carbocycles. The van der Waals surface area contributed by atoms with Gasteiger partial charge in [-0.05, 0) is 42.0 Å². The number of amides is 1. The number of aliphatic hydroxyl groups excluding tert-OH is 1. The van der Waals surface area contributed by atoms with Gasteiger partial charge in [-0.1, -0.05) is 42.5 Å². The lowest BCUT2D eigenvalue weighted by molar-refractivity contribution is -0.139. The van der Waals surface area contributed by atoms with Crippen LogP contribution in [0.15, 0.2) is 84.4 Å². The van der Waals surface area contributed by atoms with Crippen LogP contribution in [0.1, 0.15) is 27.5 Å². The Labute approximate surface area is 205 Å². The second kappa shape index (κ2) is 10.1. The molecule has 3 aromatic carbocycles. The zero-order valence-corrected chi connectivity index (χ0v) is 19.1. The fourth-order valence-corrected chi connectivity index (χ4v) is 3.93. The Morgan fingerprint density at radius 1 is 0.861 bits per heavy atom. The van der Waals surface area contributed by atoms with Crippen LogP contribution in [0.2, 0.25) is 0 Å². The molecular formula is C27H21NO8. The Hall–Kier alpha value is -4.92. The average molecular weight is 487 g/mol. The molecule has 9 heteroatoms. The molecule has 1 fully saturated rings. The summed E-state index contributed by atoms with van der Waals surface area (Å²) in [5, 5.41) is 19.9. The Balaban J connectivity index is 1.82. The number of benzene rings is 3. The van der Waals surface area contributed by atoms with Crippen molar-refractivity contribution >= 4 is 35.1 Å². The normalized spacial score (nSPS) is 16.6. The molecule has 1 saturated heterocycles. The first-order chi connectivity index (χ1) is 17.3. The number of carbonyl (C=O) groups is 4. The van der Waals surface area contributed by atoms with Gasteiger partial charge in [0.15, 0.2) is 6.61 Å². The number of carboxylic acid groups (broad SMARTS) is 1. The van der Waals surface area contributed by atoms with Crippen molar-refractivity contribution in [1.29, 1.82) is 0 Å². The fourth-order valence-electron chi connectivity index (χ4n) is 3.93. The Morgan fingerprint density at radius 2 is 1.50 bits per heavy atom. The van der Waals surface area contributed by atoms with Crippen molar-refractivity contribution in [1.82, 2.24) is 0 Å². The van der Waals surface area contributed by atoms with Crippen molar-refractivity contribution in [2.24, 2.45) is 0 Å². The molecule has 0 spiro atoms. The fraction of sp³-hybridized carbons (Fsp3) is 0.111. The summed E-state index contributed by atoms with van der Waals surface area (Å²) in [6.45, 7) is -0.534. The molecule has 9 nitrogen and oxygen atoms in total. The number of anilines is 1. The molecule has 182 valence electrons. The monoisotopic (exact) mass is 487 g/mol. The first kappa shape index (κ1) is 24.2. The molecule has 36 heavy (non-hydrogen) atoms. The van der Waals surface area contributed by atoms with Gasteiger partial charge >= 0.3 is 11.9 Å². The van der Waals surface area contributed by atoms with E-state index in [0.717, 1.165) is 0 Å². The van der Waals surface area contributed by atoms with E-state index >= 15 is 0 Å². The third kappa shape index (κ3) is 4.67. The van der Waals surface area contributed by atoms with E-state index in [1.54, 1.807) is 42.5 Å². The summed E-state index contributed by atoms with van der Waals surface area (Å²) in [5.41, 5.74) is 1.34. The number of methoxy groups -OCH3 is 1. The molecule has 1 aliphatic rings. The summed E-state index contributed by atoms with van der Waals surface area (Å²) < 4.78 is 9.88. The number of carbonyl (C=O) groups excluding carboxylic acids is 3. The van der Waals surface area contributed by atoms with Crippen LogP contribution in [0.3, 0.4) is 0 Å². The van der Waals surface area contributed by atoms with E-state index < -0.39 is 36.3 Å². The minimum atomic E-state index is -1.14. The number of rotatable bonds is 7. The molecule has 0 bridgehead atoms. The first-order valence-corrected chi connectivity index (χ1v) is 10.8. The number of ether oxygens (including phenoxy) is 2. The number of hydrogen-bond donors (Lipinski definition) is 2. The lowest BCUT2D eigenvalue weighted by atomic mass is 9.94. The van der Waals surface area contributed by atoms with E-state index in [0.29, 0.717) is 16.8 Å². The summed E-state index contributed by atoms with van der Waals surface area (Å²) in [6, 6.07) is 19.6. The molecular weight excluding hydrogens is 466 g/mol. The summed E-state index contributed by atoms with van der Waals surface area (Å²) >= 11 is 0. The third-order valence-corrected chi connectivity index (χ3v) is 5.62. The standard InChI is InChI=1S/C27H21NO8/c1-35-27(34)18-9-7-16(8-10-18)23-22(24(31)17-5-3-2-4-6-17)25(32)26(33)28(23)19-11-13-20(14-12-19)36-15-21(29)30/h2-14,23,31H,15H2,1H3,(H,29,30). The number of ketones is 1. The second-order valence-electron chi connectivity index (χ2n) is 7.83. The SMILES string of the molecule is COC(=O)c1ccc(C2C(=C(O)c3ccccc3)C(=O)C(=O)N2c2ccc(OCC(=O)O)cc2)cc1. The Morgan fingerprint density at radius 3 is 2.08 bits per heavy atom. The van der Waals surface area contributed by atoms with E-state index in [9.17, 15) is 24.3 Å². The van der Waals surface area contributed by atoms with Crippen molar-refractivity contribution in [3.8, 4) is 5.75 Å². The number of Topliss-reactive ketones (excluding diaryl/α,β-unsaturated/α-hetero) is 1. The highest BCUT2D eigenvalue weighted by Gasteiger charge is 2.47. The number of hydrogen-bond acceptors (Lipinski definition) is 7. The zero-order valence-electron chi connectivity index (χ0n) is 19.1. The molecule has 0 saturated carbocycles. The van der Waals surface area contributed by atoms with Gasteiger partial charge in [-0.25, -0.2) is 9.59 Å². The lowest BCUT2D eigenvalue weighted by Gasteiger charge is -2.25. The van der Waals surface area contributed by atoms with Crippen LogP contribution in [0, 0.1) is 0 Å². The molecule has 0 aromatic heterocycles. The van der Waals surface area contributed by atoms with Crippen molar-refractivity contribution in [2.75, 3.05) is 18.6 Å². The van der Waals surface area contributed by atoms with Gasteiger partial charge in [-0.3, -0.25) is 14.5 Å². The first-order valence-electron chi connectivity index (χ1n) is 10.8. The largest absolute Gasteiger partial charge is 0.507 e. The van der Waals surface area contributed by atoms with Crippen molar-refractivity contribution in [3.63, 3.8) is 0 Å². The van der Waals surface area contributed by atoms with E-state index in [1.807, 2.05) is 0 Å². The van der Waals surface area contributed by atoms with Crippen molar-refractivity contribution in [2.45, 2.75) is 6.04 Å². The van der Waals surface area contributed by atoms with Crippen LogP contribution in [0.25, 0.3) is 5.76 Å². The van der Waals surface area contributed by atoms with Gasteiger partial charge in [0.1, 0.15) is 11.5 Å². The average Bonchev–Trinajstić information content (AvgIpc) is 3.17. The predicted octanol–water partition coefficient (Wildman–Crippen LogP) is 3.56. The maximum atomic E-state index is 13.2. The number of carboxylic acids is 1. The molecule has 3 aromatic rings. The Bertz CT molecular complexity index is 1340. The highest BCUT2D eigenvalue weighted by atomic mass is 16.5. The highest BCUT2D eigenvalue weighted by Crippen LogP contribution is 2.42. The minimum absolute atomic E-state index is 0.108. The minimum Gasteiger partial charge on any atom is -0.507 e. The van der Waals surface area contributed by atoms with Crippen molar-refractivity contribution < 1.29 is 38.9 Å². The summed E-state index contributed by atoms with van der Waals surface area (Å²) in [5.74, 6) is -3.47. The number of aliphatic carboxylic acids is 1. The van der Waals surface area contributed by atoms with Crippen LogP contribution >= 0.6 is 0 Å². The van der Waals surface area contributed by atoms with Gasteiger partial charge in [0.05, 0.1) is 24.3 Å².